The Labute approximate surface area is 98.7 Å². The molecular weight excluding hydrogens is 198 g/mol. The van der Waals surface area contributed by atoms with E-state index in [2.05, 4.69) is 36.7 Å². The van der Waals surface area contributed by atoms with Crippen LogP contribution in [-0.4, -0.2) is 24.6 Å². The molecule has 0 aromatic carbocycles. The summed E-state index contributed by atoms with van der Waals surface area (Å²) in [6, 6.07) is 4.17. The molecule has 0 atom stereocenters. The van der Waals surface area contributed by atoms with Gasteiger partial charge in [-0.15, -0.1) is 0 Å². The maximum Gasteiger partial charge on any atom is 0.128 e. The first-order chi connectivity index (χ1) is 7.63. The van der Waals surface area contributed by atoms with Gasteiger partial charge in [-0.05, 0) is 43.5 Å². The average Bonchev–Trinajstić information content (AvgIpc) is 2.23. The highest BCUT2D eigenvalue weighted by atomic mass is 15.2. The van der Waals surface area contributed by atoms with Crippen LogP contribution in [0.5, 0.6) is 0 Å². The summed E-state index contributed by atoms with van der Waals surface area (Å²) in [5.41, 5.74) is 6.82. The monoisotopic (exact) mass is 221 g/mol. The van der Waals surface area contributed by atoms with Crippen LogP contribution in [0.15, 0.2) is 18.3 Å². The first-order valence-corrected chi connectivity index (χ1v) is 6.01. The maximum atomic E-state index is 5.57. The van der Waals surface area contributed by atoms with E-state index in [1.165, 1.54) is 5.56 Å². The Morgan fingerprint density at radius 3 is 2.75 bits per heavy atom. The van der Waals surface area contributed by atoms with Crippen LogP contribution in [0.25, 0.3) is 0 Å². The largest absolute Gasteiger partial charge is 0.356 e. The van der Waals surface area contributed by atoms with E-state index in [0.717, 1.165) is 31.9 Å². The van der Waals surface area contributed by atoms with Crippen LogP contribution in [0.1, 0.15) is 25.8 Å². The molecule has 0 aliphatic heterocycles. The molecule has 1 aromatic heterocycles. The van der Waals surface area contributed by atoms with E-state index in [0.29, 0.717) is 5.92 Å². The lowest BCUT2D eigenvalue weighted by Gasteiger charge is -2.25. The molecule has 16 heavy (non-hydrogen) atoms. The third-order valence-corrected chi connectivity index (χ3v) is 2.44. The highest BCUT2D eigenvalue weighted by Crippen LogP contribution is 2.14. The Morgan fingerprint density at radius 2 is 2.19 bits per heavy atom. The molecule has 1 rings (SSSR count). The summed E-state index contributed by atoms with van der Waals surface area (Å²) in [6.45, 7) is 9.32. The van der Waals surface area contributed by atoms with Crippen molar-refractivity contribution in [2.45, 2.75) is 27.2 Å². The van der Waals surface area contributed by atoms with Gasteiger partial charge in [0.2, 0.25) is 0 Å². The van der Waals surface area contributed by atoms with Gasteiger partial charge in [-0.25, -0.2) is 4.98 Å². The van der Waals surface area contributed by atoms with Crippen molar-refractivity contribution < 1.29 is 0 Å². The number of hydrogen-bond acceptors (Lipinski definition) is 3. The molecule has 0 aliphatic carbocycles. The van der Waals surface area contributed by atoms with Crippen LogP contribution in [0.2, 0.25) is 0 Å². The standard InChI is InChI=1S/C13H23N3/c1-11(2)10-16(8-4-6-14)13-9-12(3)5-7-15-13/h5,7,9,11H,4,6,8,10,14H2,1-3H3. The molecule has 0 aliphatic rings. The summed E-state index contributed by atoms with van der Waals surface area (Å²) in [7, 11) is 0. The lowest BCUT2D eigenvalue weighted by Crippen LogP contribution is -2.30. The molecule has 0 unspecified atom stereocenters. The predicted octanol–water partition coefficient (Wildman–Crippen LogP) is 2.20. The van der Waals surface area contributed by atoms with Crippen molar-refractivity contribution in [3.05, 3.63) is 23.9 Å². The van der Waals surface area contributed by atoms with Gasteiger partial charge in [-0.3, -0.25) is 0 Å². The van der Waals surface area contributed by atoms with Gasteiger partial charge in [-0.2, -0.15) is 0 Å². The van der Waals surface area contributed by atoms with Gasteiger partial charge < -0.3 is 10.6 Å². The van der Waals surface area contributed by atoms with Gasteiger partial charge in [0, 0.05) is 19.3 Å². The van der Waals surface area contributed by atoms with Crippen molar-refractivity contribution in [1.82, 2.24) is 4.98 Å². The van der Waals surface area contributed by atoms with Gasteiger partial charge in [0.1, 0.15) is 5.82 Å². The van der Waals surface area contributed by atoms with Gasteiger partial charge in [-0.1, -0.05) is 13.8 Å². The highest BCUT2D eigenvalue weighted by Gasteiger charge is 2.09. The Morgan fingerprint density at radius 1 is 1.44 bits per heavy atom. The third-order valence-electron chi connectivity index (χ3n) is 2.44. The second kappa shape index (κ2) is 6.48. The van der Waals surface area contributed by atoms with Crippen LogP contribution in [0, 0.1) is 12.8 Å². The first-order valence-electron chi connectivity index (χ1n) is 6.01. The minimum atomic E-state index is 0.639. The molecule has 0 bridgehead atoms. The number of anilines is 1. The van der Waals surface area contributed by atoms with Crippen molar-refractivity contribution in [3.8, 4) is 0 Å². The fourth-order valence-electron chi connectivity index (χ4n) is 1.72. The smallest absolute Gasteiger partial charge is 0.128 e. The normalized spacial score (nSPS) is 10.8. The fourth-order valence-corrected chi connectivity index (χ4v) is 1.72. The number of nitrogens with two attached hydrogens (primary N) is 1. The number of rotatable bonds is 6. The van der Waals surface area contributed by atoms with Crippen LogP contribution in [0.4, 0.5) is 5.82 Å². The lowest BCUT2D eigenvalue weighted by molar-refractivity contribution is 0.596. The first kappa shape index (κ1) is 13.0. The molecule has 0 saturated heterocycles. The predicted molar refractivity (Wildman–Crippen MR) is 69.7 cm³/mol. The number of nitrogens with zero attached hydrogens (tertiary/aromatic N) is 2. The summed E-state index contributed by atoms with van der Waals surface area (Å²) < 4.78 is 0. The van der Waals surface area contributed by atoms with E-state index in [1.807, 2.05) is 12.3 Å². The zero-order chi connectivity index (χ0) is 12.0. The number of pyridine rings is 1. The van der Waals surface area contributed by atoms with Gasteiger partial charge in [0.25, 0.3) is 0 Å². The topological polar surface area (TPSA) is 42.2 Å². The Bertz CT molecular complexity index is 310. The molecule has 3 nitrogen and oxygen atoms in total. The SMILES string of the molecule is Cc1ccnc(N(CCCN)CC(C)C)c1. The molecule has 0 amide bonds. The van der Waals surface area contributed by atoms with Crippen LogP contribution < -0.4 is 10.6 Å². The van der Waals surface area contributed by atoms with Gasteiger partial charge in [0.15, 0.2) is 0 Å². The summed E-state index contributed by atoms with van der Waals surface area (Å²) >= 11 is 0. The Balaban J connectivity index is 2.74. The van der Waals surface area contributed by atoms with Crippen molar-refractivity contribution in [2.75, 3.05) is 24.5 Å². The minimum absolute atomic E-state index is 0.639. The zero-order valence-corrected chi connectivity index (χ0v) is 10.6. The van der Waals surface area contributed by atoms with Crippen LogP contribution >= 0.6 is 0 Å². The van der Waals surface area contributed by atoms with E-state index in [-0.39, 0.29) is 0 Å². The van der Waals surface area contributed by atoms with E-state index < -0.39 is 0 Å². The van der Waals surface area contributed by atoms with E-state index in [1.54, 1.807) is 0 Å². The molecule has 0 fully saturated rings. The Hall–Kier alpha value is -1.09. The molecule has 0 saturated carbocycles. The summed E-state index contributed by atoms with van der Waals surface area (Å²) in [4.78, 5) is 6.75. The van der Waals surface area contributed by atoms with E-state index in [9.17, 15) is 0 Å². The number of hydrogen-bond donors (Lipinski definition) is 1. The fraction of sp³-hybridized carbons (Fsp3) is 0.615. The van der Waals surface area contributed by atoms with E-state index in [4.69, 9.17) is 5.73 Å². The minimum Gasteiger partial charge on any atom is -0.356 e. The number of aryl methyl sites for hydroxylation is 1. The quantitative estimate of drug-likeness (QED) is 0.800. The average molecular weight is 221 g/mol. The van der Waals surface area contributed by atoms with Gasteiger partial charge >= 0.3 is 0 Å². The van der Waals surface area contributed by atoms with Crippen molar-refractivity contribution in [1.29, 1.82) is 0 Å². The third kappa shape index (κ3) is 4.19. The van der Waals surface area contributed by atoms with Crippen molar-refractivity contribution >= 4 is 5.82 Å². The molecule has 0 spiro atoms. The zero-order valence-electron chi connectivity index (χ0n) is 10.6. The van der Waals surface area contributed by atoms with Gasteiger partial charge in [0.05, 0.1) is 0 Å². The molecule has 1 heterocycles. The van der Waals surface area contributed by atoms with Crippen LogP contribution in [-0.2, 0) is 0 Å². The Kier molecular flexibility index (Phi) is 5.26. The van der Waals surface area contributed by atoms with Crippen molar-refractivity contribution in [2.24, 2.45) is 11.7 Å². The molecule has 3 heteroatoms. The number of aromatic nitrogens is 1. The second-order valence-electron chi connectivity index (χ2n) is 4.67. The molecule has 0 radical (unpaired) electrons. The summed E-state index contributed by atoms with van der Waals surface area (Å²) in [6.07, 6.45) is 2.89. The lowest BCUT2D eigenvalue weighted by atomic mass is 10.2. The molecule has 1 aromatic rings. The van der Waals surface area contributed by atoms with Crippen LogP contribution in [0.3, 0.4) is 0 Å². The van der Waals surface area contributed by atoms with Crippen molar-refractivity contribution in [3.63, 3.8) is 0 Å². The maximum absolute atomic E-state index is 5.57. The van der Waals surface area contributed by atoms with E-state index >= 15 is 0 Å². The second-order valence-corrected chi connectivity index (χ2v) is 4.67. The summed E-state index contributed by atoms with van der Waals surface area (Å²) in [5.74, 6) is 1.71. The highest BCUT2D eigenvalue weighted by molar-refractivity contribution is 5.40. The summed E-state index contributed by atoms with van der Waals surface area (Å²) in [5, 5.41) is 0. The molecule has 90 valence electrons. The molecule has 2 N–H and O–H groups in total. The molecular formula is C13H23N3.